The summed E-state index contributed by atoms with van der Waals surface area (Å²) in [5.41, 5.74) is 0.285. The van der Waals surface area contributed by atoms with Crippen LogP contribution in [-0.4, -0.2) is 49.6 Å². The SMILES string of the molecule is COCCn1cnc2sc(C)c(C(=O)N(C)c3ccc(S(N)(=O)=O)nc3)c2c1=O. The molecule has 3 aromatic heterocycles. The van der Waals surface area contributed by atoms with Crippen molar-refractivity contribution in [1.82, 2.24) is 14.5 Å². The van der Waals surface area contributed by atoms with Crippen LogP contribution in [0.15, 0.2) is 34.5 Å². The maximum atomic E-state index is 13.2. The number of pyridine rings is 1. The molecule has 0 bridgehead atoms. The van der Waals surface area contributed by atoms with E-state index in [9.17, 15) is 18.0 Å². The maximum absolute atomic E-state index is 13.2. The lowest BCUT2D eigenvalue weighted by atomic mass is 10.1. The molecule has 0 atom stereocenters. The zero-order valence-electron chi connectivity index (χ0n) is 15.9. The highest BCUT2D eigenvalue weighted by atomic mass is 32.2. The number of carbonyl (C=O) groups is 1. The van der Waals surface area contributed by atoms with E-state index >= 15 is 0 Å². The van der Waals surface area contributed by atoms with Gasteiger partial charge < -0.3 is 9.64 Å². The van der Waals surface area contributed by atoms with Crippen LogP contribution < -0.4 is 15.6 Å². The molecule has 0 saturated heterocycles. The minimum Gasteiger partial charge on any atom is -0.383 e. The minimum atomic E-state index is -3.94. The molecule has 2 N–H and O–H groups in total. The Kier molecular flexibility index (Phi) is 5.80. The second kappa shape index (κ2) is 7.99. The second-order valence-electron chi connectivity index (χ2n) is 6.21. The number of primary sulfonamides is 1. The molecular weight excluding hydrogens is 418 g/mol. The number of nitrogens with two attached hydrogens (primary N) is 1. The zero-order valence-corrected chi connectivity index (χ0v) is 17.6. The molecule has 0 aliphatic rings. The number of anilines is 1. The molecule has 29 heavy (non-hydrogen) atoms. The van der Waals surface area contributed by atoms with Gasteiger partial charge in [0.2, 0.25) is 0 Å². The molecule has 0 fully saturated rings. The number of aromatic nitrogens is 3. The van der Waals surface area contributed by atoms with Gasteiger partial charge in [0.05, 0.1) is 42.3 Å². The lowest BCUT2D eigenvalue weighted by Crippen LogP contribution is -2.29. The van der Waals surface area contributed by atoms with Crippen molar-refractivity contribution >= 4 is 43.2 Å². The molecule has 3 aromatic rings. The van der Waals surface area contributed by atoms with Crippen LogP contribution in [0, 0.1) is 6.92 Å². The highest BCUT2D eigenvalue weighted by molar-refractivity contribution is 7.89. The van der Waals surface area contributed by atoms with Crippen LogP contribution in [0.2, 0.25) is 0 Å². The molecule has 3 rings (SSSR count). The zero-order chi connectivity index (χ0) is 21.3. The lowest BCUT2D eigenvalue weighted by Gasteiger charge is -2.17. The van der Waals surface area contributed by atoms with Crippen LogP contribution in [0.25, 0.3) is 10.2 Å². The number of aryl methyl sites for hydroxylation is 1. The first-order chi connectivity index (χ1) is 13.6. The molecule has 0 aliphatic carbocycles. The lowest BCUT2D eigenvalue weighted by molar-refractivity contribution is 0.0994. The Hall–Kier alpha value is -2.67. The highest BCUT2D eigenvalue weighted by Gasteiger charge is 2.24. The van der Waals surface area contributed by atoms with E-state index in [1.54, 1.807) is 6.92 Å². The number of amides is 1. The van der Waals surface area contributed by atoms with E-state index < -0.39 is 15.9 Å². The quantitative estimate of drug-likeness (QED) is 0.600. The number of hydrogen-bond donors (Lipinski definition) is 1. The van der Waals surface area contributed by atoms with E-state index in [0.717, 1.165) is 0 Å². The number of thiophene rings is 1. The number of ether oxygens (including phenoxy) is 1. The van der Waals surface area contributed by atoms with Crippen molar-refractivity contribution in [3.8, 4) is 0 Å². The third-order valence-corrected chi connectivity index (χ3v) is 6.15. The summed E-state index contributed by atoms with van der Waals surface area (Å²) < 4.78 is 29.1. The van der Waals surface area contributed by atoms with Gasteiger partial charge in [0.1, 0.15) is 4.83 Å². The molecule has 0 unspecified atom stereocenters. The van der Waals surface area contributed by atoms with Crippen LogP contribution in [0.4, 0.5) is 5.69 Å². The Bertz CT molecular complexity index is 1230. The van der Waals surface area contributed by atoms with Gasteiger partial charge in [-0.3, -0.25) is 14.2 Å². The molecule has 3 heterocycles. The van der Waals surface area contributed by atoms with Gasteiger partial charge in [-0.1, -0.05) is 0 Å². The molecule has 0 aromatic carbocycles. The van der Waals surface area contributed by atoms with Gasteiger partial charge >= 0.3 is 0 Å². The first-order valence-electron chi connectivity index (χ1n) is 8.39. The number of rotatable bonds is 6. The van der Waals surface area contributed by atoms with Crippen LogP contribution in [0.1, 0.15) is 15.2 Å². The van der Waals surface area contributed by atoms with Crippen molar-refractivity contribution in [1.29, 1.82) is 0 Å². The smallest absolute Gasteiger partial charge is 0.262 e. The second-order valence-corrected chi connectivity index (χ2v) is 8.92. The van der Waals surface area contributed by atoms with Crippen LogP contribution >= 0.6 is 11.3 Å². The molecule has 0 saturated carbocycles. The van der Waals surface area contributed by atoms with E-state index in [-0.39, 0.29) is 21.5 Å². The van der Waals surface area contributed by atoms with Crippen molar-refractivity contribution in [2.75, 3.05) is 25.7 Å². The summed E-state index contributed by atoms with van der Waals surface area (Å²) >= 11 is 1.26. The van der Waals surface area contributed by atoms with Gasteiger partial charge in [0.25, 0.3) is 21.5 Å². The van der Waals surface area contributed by atoms with Crippen molar-refractivity contribution in [3.05, 3.63) is 45.5 Å². The first kappa shape index (κ1) is 21.0. The van der Waals surface area contributed by atoms with Gasteiger partial charge in [0, 0.05) is 19.0 Å². The maximum Gasteiger partial charge on any atom is 0.262 e. The first-order valence-corrected chi connectivity index (χ1v) is 10.8. The van der Waals surface area contributed by atoms with Crippen molar-refractivity contribution in [2.45, 2.75) is 18.5 Å². The van der Waals surface area contributed by atoms with E-state index in [1.807, 2.05) is 0 Å². The van der Waals surface area contributed by atoms with Crippen molar-refractivity contribution in [3.63, 3.8) is 0 Å². The Balaban J connectivity index is 2.04. The van der Waals surface area contributed by atoms with Crippen LogP contribution in [0.3, 0.4) is 0 Å². The molecule has 1 amide bonds. The van der Waals surface area contributed by atoms with Gasteiger partial charge in [0.15, 0.2) is 5.03 Å². The molecule has 154 valence electrons. The minimum absolute atomic E-state index is 0.247. The van der Waals surface area contributed by atoms with E-state index in [2.05, 4.69) is 9.97 Å². The van der Waals surface area contributed by atoms with Crippen molar-refractivity contribution in [2.24, 2.45) is 5.14 Å². The Morgan fingerprint density at radius 3 is 2.66 bits per heavy atom. The summed E-state index contributed by atoms with van der Waals surface area (Å²) in [6.45, 7) is 2.39. The summed E-state index contributed by atoms with van der Waals surface area (Å²) in [6.07, 6.45) is 2.67. The molecule has 12 heteroatoms. The van der Waals surface area contributed by atoms with Crippen LogP contribution in [0.5, 0.6) is 0 Å². The fourth-order valence-corrected chi connectivity index (χ4v) is 4.20. The Labute approximate surface area is 170 Å². The predicted molar refractivity (Wildman–Crippen MR) is 109 cm³/mol. The van der Waals surface area contributed by atoms with Gasteiger partial charge in [-0.25, -0.2) is 23.5 Å². The average molecular weight is 438 g/mol. The third-order valence-electron chi connectivity index (χ3n) is 4.31. The van der Waals surface area contributed by atoms with Gasteiger partial charge in [-0.2, -0.15) is 0 Å². The monoisotopic (exact) mass is 437 g/mol. The predicted octanol–water partition coefficient (Wildman–Crippen LogP) is 0.732. The fourth-order valence-electron chi connectivity index (χ4n) is 2.77. The number of fused-ring (bicyclic) bond motifs is 1. The summed E-state index contributed by atoms with van der Waals surface area (Å²) in [7, 11) is -0.893. The number of hydrogen-bond acceptors (Lipinski definition) is 8. The third kappa shape index (κ3) is 4.05. The highest BCUT2D eigenvalue weighted by Crippen LogP contribution is 2.29. The van der Waals surface area contributed by atoms with Crippen LogP contribution in [-0.2, 0) is 21.3 Å². The fraction of sp³-hybridized carbons (Fsp3) is 0.294. The van der Waals surface area contributed by atoms with Gasteiger partial charge in [-0.15, -0.1) is 11.3 Å². The normalized spacial score (nSPS) is 11.7. The topological polar surface area (TPSA) is 137 Å². The summed E-state index contributed by atoms with van der Waals surface area (Å²) in [5.74, 6) is -0.428. The summed E-state index contributed by atoms with van der Waals surface area (Å²) in [6, 6.07) is 2.63. The Morgan fingerprint density at radius 1 is 1.34 bits per heavy atom. The number of sulfonamides is 1. The summed E-state index contributed by atoms with van der Waals surface area (Å²) in [5, 5.41) is 4.99. The molecule has 0 radical (unpaired) electrons. The number of methoxy groups -OCH3 is 1. The molecule has 0 aliphatic heterocycles. The van der Waals surface area contributed by atoms with Crippen molar-refractivity contribution < 1.29 is 17.9 Å². The van der Waals surface area contributed by atoms with E-state index in [0.29, 0.717) is 28.5 Å². The number of carbonyl (C=O) groups excluding carboxylic acids is 1. The van der Waals surface area contributed by atoms with E-state index in [1.165, 1.54) is 59.6 Å². The average Bonchev–Trinajstić information content (AvgIpc) is 3.02. The standard InChI is InChI=1S/C17H19N5O5S2/c1-10-13(14-15(28-10)20-9-22(17(14)24)6-7-27-3)16(23)21(2)11-4-5-12(19-8-11)29(18,25)26/h4-5,8-9H,6-7H2,1-3H3,(H2,18,25,26). The Morgan fingerprint density at radius 2 is 2.07 bits per heavy atom. The largest absolute Gasteiger partial charge is 0.383 e. The van der Waals surface area contributed by atoms with E-state index in [4.69, 9.17) is 9.88 Å². The number of nitrogens with zero attached hydrogens (tertiary/aromatic N) is 4. The molecule has 0 spiro atoms. The van der Waals surface area contributed by atoms with Gasteiger partial charge in [-0.05, 0) is 19.1 Å². The molecular formula is C17H19N5O5S2. The molecule has 10 nitrogen and oxygen atoms in total. The summed E-state index contributed by atoms with van der Waals surface area (Å²) in [4.78, 5) is 36.6.